The van der Waals surface area contributed by atoms with E-state index in [4.69, 9.17) is 5.73 Å². The number of rotatable bonds is 3. The Balaban J connectivity index is 1.62. The predicted octanol–water partition coefficient (Wildman–Crippen LogP) is 3.23. The molecule has 3 heterocycles. The van der Waals surface area contributed by atoms with Crippen molar-refractivity contribution in [2.75, 3.05) is 13.1 Å². The lowest BCUT2D eigenvalue weighted by Gasteiger charge is -2.27. The smallest absolute Gasteiger partial charge is 0.255 e. The molecule has 1 spiro atoms. The highest BCUT2D eigenvalue weighted by atomic mass is 16.2. The van der Waals surface area contributed by atoms with Crippen LogP contribution in [-0.4, -0.2) is 28.9 Å². The number of nitrogens with two attached hydrogens (primary N) is 1. The minimum absolute atomic E-state index is 0.0563. The Kier molecular flexibility index (Phi) is 6.07. The number of allylic oxidation sites excluding steroid dienone is 4. The summed E-state index contributed by atoms with van der Waals surface area (Å²) in [6, 6.07) is 2.15. The van der Waals surface area contributed by atoms with E-state index in [9.17, 15) is 4.79 Å². The molecule has 5 heteroatoms. The summed E-state index contributed by atoms with van der Waals surface area (Å²) in [5, 5.41) is 1.23. The van der Waals surface area contributed by atoms with Gasteiger partial charge in [-0.1, -0.05) is 24.3 Å². The van der Waals surface area contributed by atoms with Crippen molar-refractivity contribution in [3.63, 3.8) is 0 Å². The average molecular weight is 405 g/mol. The number of carbonyl (C=O) groups is 1. The summed E-state index contributed by atoms with van der Waals surface area (Å²) in [5.74, 6) is 0.0563. The Morgan fingerprint density at radius 1 is 1.33 bits per heavy atom. The van der Waals surface area contributed by atoms with Gasteiger partial charge in [0.1, 0.15) is 5.49 Å². The second-order valence-electron chi connectivity index (χ2n) is 8.66. The zero-order valence-electron chi connectivity index (χ0n) is 17.9. The van der Waals surface area contributed by atoms with Gasteiger partial charge in [-0.15, -0.1) is 0 Å². The summed E-state index contributed by atoms with van der Waals surface area (Å²) < 4.78 is 0. The second-order valence-corrected chi connectivity index (χ2v) is 8.66. The first-order chi connectivity index (χ1) is 14.7. The van der Waals surface area contributed by atoms with E-state index in [0.29, 0.717) is 5.57 Å². The zero-order chi connectivity index (χ0) is 21.0. The van der Waals surface area contributed by atoms with Gasteiger partial charge in [0.2, 0.25) is 0 Å². The maximum absolute atomic E-state index is 13.1. The van der Waals surface area contributed by atoms with Gasteiger partial charge in [0, 0.05) is 36.9 Å². The second kappa shape index (κ2) is 8.90. The number of aromatic nitrogens is 1. The molecular weight excluding hydrogens is 372 g/mol. The van der Waals surface area contributed by atoms with Crippen molar-refractivity contribution in [2.24, 2.45) is 16.1 Å². The van der Waals surface area contributed by atoms with Gasteiger partial charge in [-0.05, 0) is 74.5 Å². The molecule has 0 aromatic carbocycles. The standard InChI is InChI=1S/C25H32N4O/c1-2-6-20(17-26)24(30)29-16-5-7-19(9-11-25(18-29)12-13-25)21-8-3-4-14-27-23-22(21)10-15-28-23/h2,4,6,9-10,14-15,17H,3,5,7-8,11-13,16,18,26H2,1H3,(H,27,28). The van der Waals surface area contributed by atoms with E-state index < -0.39 is 0 Å². The average Bonchev–Trinajstić information content (AvgIpc) is 3.33. The minimum atomic E-state index is 0.0563. The number of nitrogens with zero attached hydrogens (tertiary/aromatic N) is 2. The molecule has 3 aliphatic rings. The molecule has 4 rings (SSSR count). The molecule has 0 unspecified atom stereocenters. The molecule has 1 amide bonds. The van der Waals surface area contributed by atoms with E-state index in [1.54, 1.807) is 0 Å². The van der Waals surface area contributed by atoms with Crippen molar-refractivity contribution in [3.8, 4) is 0 Å². The summed E-state index contributed by atoms with van der Waals surface area (Å²) >= 11 is 0. The first-order valence-electron chi connectivity index (χ1n) is 11.1. The van der Waals surface area contributed by atoms with E-state index in [2.05, 4.69) is 28.2 Å². The van der Waals surface area contributed by atoms with Crippen LogP contribution in [0.5, 0.6) is 0 Å². The summed E-state index contributed by atoms with van der Waals surface area (Å²) in [5.41, 5.74) is 10.3. The topological polar surface area (TPSA) is 74.5 Å². The van der Waals surface area contributed by atoms with Crippen molar-refractivity contribution in [1.29, 1.82) is 0 Å². The van der Waals surface area contributed by atoms with E-state index >= 15 is 0 Å². The van der Waals surface area contributed by atoms with Gasteiger partial charge in [-0.2, -0.15) is 0 Å². The fourth-order valence-electron chi connectivity index (χ4n) is 4.61. The van der Waals surface area contributed by atoms with Crippen LogP contribution in [0.25, 0.3) is 5.57 Å². The van der Waals surface area contributed by atoms with Gasteiger partial charge in [0.15, 0.2) is 0 Å². The van der Waals surface area contributed by atoms with Crippen molar-refractivity contribution >= 4 is 11.5 Å². The lowest BCUT2D eigenvalue weighted by atomic mass is 9.92. The number of carbonyl (C=O) groups excluding carboxylic acids is 1. The minimum Gasteiger partial charge on any atom is -0.404 e. The Labute approximate surface area is 178 Å². The first kappa shape index (κ1) is 20.5. The van der Waals surface area contributed by atoms with E-state index in [1.807, 2.05) is 36.4 Å². The summed E-state index contributed by atoms with van der Waals surface area (Å²) in [6.45, 7) is 3.51. The quantitative estimate of drug-likeness (QED) is 0.600. The highest BCUT2D eigenvalue weighted by molar-refractivity contribution is 5.96. The first-order valence-corrected chi connectivity index (χ1v) is 11.1. The predicted molar refractivity (Wildman–Crippen MR) is 121 cm³/mol. The van der Waals surface area contributed by atoms with Gasteiger partial charge in [-0.25, -0.2) is 4.99 Å². The monoisotopic (exact) mass is 404 g/mol. The number of H-pyrrole nitrogens is 1. The number of amides is 1. The summed E-state index contributed by atoms with van der Waals surface area (Å²) in [6.07, 6.45) is 21.0. The molecule has 1 aromatic heterocycles. The maximum atomic E-state index is 13.1. The molecule has 2 aliphatic heterocycles. The fourth-order valence-corrected chi connectivity index (χ4v) is 4.61. The third-order valence-electron chi connectivity index (χ3n) is 6.51. The van der Waals surface area contributed by atoms with Gasteiger partial charge in [-0.3, -0.25) is 4.79 Å². The van der Waals surface area contributed by atoms with Crippen LogP contribution >= 0.6 is 0 Å². The molecule has 5 nitrogen and oxygen atoms in total. The van der Waals surface area contributed by atoms with Crippen LogP contribution in [0.4, 0.5) is 0 Å². The Bertz CT molecular complexity index is 1030. The Morgan fingerprint density at radius 3 is 2.97 bits per heavy atom. The van der Waals surface area contributed by atoms with Gasteiger partial charge in [0.25, 0.3) is 5.91 Å². The lowest BCUT2D eigenvalue weighted by Crippen LogP contribution is -2.37. The van der Waals surface area contributed by atoms with Crippen molar-refractivity contribution < 1.29 is 4.79 Å². The van der Waals surface area contributed by atoms with Gasteiger partial charge in [0.05, 0.1) is 5.57 Å². The van der Waals surface area contributed by atoms with E-state index in [-0.39, 0.29) is 11.3 Å². The van der Waals surface area contributed by atoms with Crippen LogP contribution in [0, 0.1) is 5.41 Å². The van der Waals surface area contributed by atoms with Gasteiger partial charge < -0.3 is 15.6 Å². The van der Waals surface area contributed by atoms with E-state index in [1.165, 1.54) is 35.4 Å². The van der Waals surface area contributed by atoms with Crippen molar-refractivity contribution in [1.82, 2.24) is 9.88 Å². The lowest BCUT2D eigenvalue weighted by molar-refractivity contribution is -0.127. The third-order valence-corrected chi connectivity index (χ3v) is 6.51. The molecule has 0 radical (unpaired) electrons. The molecule has 0 atom stereocenters. The summed E-state index contributed by atoms with van der Waals surface area (Å²) in [7, 11) is 0. The molecule has 1 saturated carbocycles. The van der Waals surface area contributed by atoms with Gasteiger partial charge >= 0.3 is 0 Å². The number of hydrogen-bond acceptors (Lipinski definition) is 3. The van der Waals surface area contributed by atoms with Crippen LogP contribution in [-0.2, 0) is 4.79 Å². The van der Waals surface area contributed by atoms with Crippen LogP contribution in [0.1, 0.15) is 51.9 Å². The van der Waals surface area contributed by atoms with Crippen molar-refractivity contribution in [2.45, 2.75) is 51.9 Å². The number of hydrogen-bond donors (Lipinski definition) is 2. The SMILES string of the molecule is CC=CC(=CN)C(=O)N1CCCC(C2=c3cc[nH]c3=NC=CCC2)=CCC2(CC2)C1. The maximum Gasteiger partial charge on any atom is 0.255 e. The molecule has 1 aromatic rings. The molecule has 0 bridgehead atoms. The van der Waals surface area contributed by atoms with Crippen LogP contribution in [0.2, 0.25) is 0 Å². The number of nitrogens with one attached hydrogen (secondary N) is 1. The fraction of sp³-hybridized carbons (Fsp3) is 0.440. The van der Waals surface area contributed by atoms with Crippen LogP contribution in [0.3, 0.4) is 0 Å². The highest BCUT2D eigenvalue weighted by Gasteiger charge is 2.44. The Hall–Kier alpha value is -2.82. The van der Waals surface area contributed by atoms with Crippen molar-refractivity contribution in [3.05, 3.63) is 70.8 Å². The number of aromatic amines is 1. The molecule has 3 N–H and O–H groups in total. The largest absolute Gasteiger partial charge is 0.404 e. The molecule has 0 saturated heterocycles. The van der Waals surface area contributed by atoms with Crippen LogP contribution < -0.4 is 16.4 Å². The molecule has 1 fully saturated rings. The highest BCUT2D eigenvalue weighted by Crippen LogP contribution is 2.50. The third kappa shape index (κ3) is 4.35. The number of fused-ring (bicyclic) bond motifs is 1. The van der Waals surface area contributed by atoms with E-state index in [0.717, 1.165) is 50.7 Å². The zero-order valence-corrected chi connectivity index (χ0v) is 17.9. The molecule has 1 aliphatic carbocycles. The van der Waals surface area contributed by atoms with Crippen LogP contribution in [0.15, 0.2) is 65.1 Å². The molecular formula is C25H32N4O. The normalized spacial score (nSPS) is 21.8. The molecule has 30 heavy (non-hydrogen) atoms. The Morgan fingerprint density at radius 2 is 2.20 bits per heavy atom. The molecule has 158 valence electrons. The summed E-state index contributed by atoms with van der Waals surface area (Å²) in [4.78, 5) is 23.0.